The Morgan fingerprint density at radius 1 is 1.56 bits per heavy atom. The first-order chi connectivity index (χ1) is 8.54. The van der Waals surface area contributed by atoms with Crippen molar-refractivity contribution in [2.45, 2.75) is 38.9 Å². The molecule has 1 fully saturated rings. The minimum Gasteiger partial charge on any atom is -0.311 e. The Hall–Kier alpha value is -0.910. The maximum absolute atomic E-state index is 4.68. The molecule has 0 bridgehead atoms. The molecule has 5 heteroatoms. The fourth-order valence-electron chi connectivity index (χ4n) is 2.50. The molecule has 98 valence electrons. The summed E-state index contributed by atoms with van der Waals surface area (Å²) >= 11 is 1.69. The number of nitrogens with zero attached hydrogens (tertiary/aromatic N) is 3. The van der Waals surface area contributed by atoms with E-state index in [-0.39, 0.29) is 5.54 Å². The van der Waals surface area contributed by atoms with Crippen molar-refractivity contribution >= 4 is 16.3 Å². The molecule has 0 radical (unpaired) electrons. The van der Waals surface area contributed by atoms with Gasteiger partial charge < -0.3 is 5.32 Å². The number of aromatic nitrogens is 2. The van der Waals surface area contributed by atoms with Gasteiger partial charge in [0.15, 0.2) is 4.96 Å². The van der Waals surface area contributed by atoms with Crippen LogP contribution in [0.5, 0.6) is 0 Å². The van der Waals surface area contributed by atoms with E-state index in [4.69, 9.17) is 0 Å². The van der Waals surface area contributed by atoms with Crippen molar-refractivity contribution in [2.24, 2.45) is 0 Å². The van der Waals surface area contributed by atoms with Crippen molar-refractivity contribution in [1.29, 1.82) is 0 Å². The quantitative estimate of drug-likeness (QED) is 0.900. The van der Waals surface area contributed by atoms with Crippen LogP contribution in [0.3, 0.4) is 0 Å². The second kappa shape index (κ2) is 4.33. The number of imidazole rings is 1. The molecule has 0 amide bonds. The van der Waals surface area contributed by atoms with Gasteiger partial charge in [0.05, 0.1) is 5.69 Å². The van der Waals surface area contributed by atoms with Gasteiger partial charge in [0, 0.05) is 49.0 Å². The number of fused-ring (bicyclic) bond motifs is 1. The van der Waals surface area contributed by atoms with Gasteiger partial charge in [-0.25, -0.2) is 4.98 Å². The second-order valence-corrected chi connectivity index (χ2v) is 6.67. The van der Waals surface area contributed by atoms with Crippen molar-refractivity contribution in [1.82, 2.24) is 19.6 Å². The predicted octanol–water partition coefficient (Wildman–Crippen LogP) is 1.97. The molecular formula is C13H20N4S. The summed E-state index contributed by atoms with van der Waals surface area (Å²) in [5.41, 5.74) is 1.37. The maximum atomic E-state index is 4.68. The van der Waals surface area contributed by atoms with E-state index < -0.39 is 0 Å². The number of nitrogens with one attached hydrogen (secondary N) is 1. The molecular weight excluding hydrogens is 244 g/mol. The number of piperazine rings is 1. The lowest BCUT2D eigenvalue weighted by molar-refractivity contribution is 0.0616. The summed E-state index contributed by atoms with van der Waals surface area (Å²) in [5, 5.41) is 5.62. The summed E-state index contributed by atoms with van der Waals surface area (Å²) in [5.74, 6) is 0. The van der Waals surface area contributed by atoms with Crippen LogP contribution in [0, 0.1) is 0 Å². The summed E-state index contributed by atoms with van der Waals surface area (Å²) in [6.07, 6.45) is 4.22. The first kappa shape index (κ1) is 12.1. The monoisotopic (exact) mass is 264 g/mol. The highest BCUT2D eigenvalue weighted by atomic mass is 32.1. The molecule has 18 heavy (non-hydrogen) atoms. The van der Waals surface area contributed by atoms with E-state index >= 15 is 0 Å². The molecule has 0 aliphatic carbocycles. The summed E-state index contributed by atoms with van der Waals surface area (Å²) in [4.78, 5) is 8.29. The van der Waals surface area contributed by atoms with E-state index in [2.05, 4.69) is 58.1 Å². The van der Waals surface area contributed by atoms with Crippen molar-refractivity contribution in [2.75, 3.05) is 13.1 Å². The summed E-state index contributed by atoms with van der Waals surface area (Å²) in [6, 6.07) is 0.557. The largest absolute Gasteiger partial charge is 0.311 e. The molecule has 1 unspecified atom stereocenters. The van der Waals surface area contributed by atoms with Crippen molar-refractivity contribution in [3.63, 3.8) is 0 Å². The summed E-state index contributed by atoms with van der Waals surface area (Å²) in [7, 11) is 0. The van der Waals surface area contributed by atoms with E-state index in [9.17, 15) is 0 Å². The van der Waals surface area contributed by atoms with Crippen LogP contribution in [0.25, 0.3) is 4.96 Å². The molecule has 1 aliphatic heterocycles. The van der Waals surface area contributed by atoms with Crippen molar-refractivity contribution in [3.05, 3.63) is 23.5 Å². The SMILES string of the molecule is CC1CN(Cc2cn3ccsc3n2)C(C)(C)CN1. The van der Waals surface area contributed by atoms with Crippen molar-refractivity contribution < 1.29 is 0 Å². The van der Waals surface area contributed by atoms with Crippen LogP contribution in [-0.4, -0.2) is 39.0 Å². The third-order valence-corrected chi connectivity index (χ3v) is 4.50. The van der Waals surface area contributed by atoms with Gasteiger partial charge in [0.1, 0.15) is 0 Å². The zero-order valence-electron chi connectivity index (χ0n) is 11.2. The Morgan fingerprint density at radius 3 is 3.17 bits per heavy atom. The fourth-order valence-corrected chi connectivity index (χ4v) is 3.22. The minimum absolute atomic E-state index is 0.198. The van der Waals surface area contributed by atoms with Crippen LogP contribution in [0.4, 0.5) is 0 Å². The average Bonchev–Trinajstić information content (AvgIpc) is 2.84. The zero-order valence-corrected chi connectivity index (χ0v) is 12.0. The molecule has 1 atom stereocenters. The zero-order chi connectivity index (χ0) is 12.8. The highest BCUT2D eigenvalue weighted by molar-refractivity contribution is 7.15. The van der Waals surface area contributed by atoms with Gasteiger partial charge >= 0.3 is 0 Å². The summed E-state index contributed by atoms with van der Waals surface area (Å²) in [6.45, 7) is 9.89. The summed E-state index contributed by atoms with van der Waals surface area (Å²) < 4.78 is 2.11. The fraction of sp³-hybridized carbons (Fsp3) is 0.615. The standard InChI is InChI=1S/C13H20N4S/c1-10-6-17(13(2,3)9-14-10)8-11-7-16-4-5-18-12(16)15-11/h4-5,7,10,14H,6,8-9H2,1-3H3. The highest BCUT2D eigenvalue weighted by Crippen LogP contribution is 2.22. The van der Waals surface area contributed by atoms with Crippen LogP contribution in [0.2, 0.25) is 0 Å². The number of hydrogen-bond donors (Lipinski definition) is 1. The molecule has 2 aromatic heterocycles. The van der Waals surface area contributed by atoms with E-state index in [1.165, 1.54) is 5.69 Å². The van der Waals surface area contributed by atoms with E-state index in [1.807, 2.05) is 0 Å². The van der Waals surface area contributed by atoms with Crippen LogP contribution in [-0.2, 0) is 6.54 Å². The van der Waals surface area contributed by atoms with E-state index in [0.29, 0.717) is 6.04 Å². The van der Waals surface area contributed by atoms with E-state index in [0.717, 1.165) is 24.6 Å². The molecule has 3 heterocycles. The second-order valence-electron chi connectivity index (χ2n) is 5.80. The van der Waals surface area contributed by atoms with Gasteiger partial charge in [-0.05, 0) is 20.8 Å². The van der Waals surface area contributed by atoms with Crippen LogP contribution < -0.4 is 5.32 Å². The van der Waals surface area contributed by atoms with Crippen LogP contribution in [0.15, 0.2) is 17.8 Å². The molecule has 1 aliphatic rings. The molecule has 2 aromatic rings. The van der Waals surface area contributed by atoms with E-state index in [1.54, 1.807) is 11.3 Å². The topological polar surface area (TPSA) is 32.6 Å². The first-order valence-electron chi connectivity index (χ1n) is 6.44. The van der Waals surface area contributed by atoms with Gasteiger partial charge in [-0.1, -0.05) is 0 Å². The Kier molecular flexibility index (Phi) is 2.92. The average molecular weight is 264 g/mol. The normalized spacial score (nSPS) is 24.7. The van der Waals surface area contributed by atoms with Gasteiger partial charge in [-0.2, -0.15) is 0 Å². The number of hydrogen-bond acceptors (Lipinski definition) is 4. The van der Waals surface area contributed by atoms with Crippen molar-refractivity contribution in [3.8, 4) is 0 Å². The highest BCUT2D eigenvalue weighted by Gasteiger charge is 2.32. The Morgan fingerprint density at radius 2 is 2.39 bits per heavy atom. The maximum Gasteiger partial charge on any atom is 0.193 e. The van der Waals surface area contributed by atoms with Gasteiger partial charge in [0.2, 0.25) is 0 Å². The number of thiazole rings is 1. The first-order valence-corrected chi connectivity index (χ1v) is 7.32. The lowest BCUT2D eigenvalue weighted by Gasteiger charge is -2.45. The predicted molar refractivity (Wildman–Crippen MR) is 75.0 cm³/mol. The molecule has 0 aromatic carbocycles. The third kappa shape index (κ3) is 2.18. The van der Waals surface area contributed by atoms with Gasteiger partial charge in [0.25, 0.3) is 0 Å². The minimum atomic E-state index is 0.198. The molecule has 0 spiro atoms. The molecule has 3 rings (SSSR count). The molecule has 1 N–H and O–H groups in total. The third-order valence-electron chi connectivity index (χ3n) is 3.73. The van der Waals surface area contributed by atoms with Gasteiger partial charge in [-0.15, -0.1) is 11.3 Å². The Balaban J connectivity index is 1.80. The Labute approximate surface area is 112 Å². The Bertz CT molecular complexity index is 513. The van der Waals surface area contributed by atoms with Gasteiger partial charge in [-0.3, -0.25) is 9.30 Å². The van der Waals surface area contributed by atoms with Crippen LogP contribution in [0.1, 0.15) is 26.5 Å². The van der Waals surface area contributed by atoms with Crippen LogP contribution >= 0.6 is 11.3 Å². The molecule has 1 saturated heterocycles. The lowest BCUT2D eigenvalue weighted by Crippen LogP contribution is -2.60. The lowest BCUT2D eigenvalue weighted by atomic mass is 9.97. The smallest absolute Gasteiger partial charge is 0.193 e. The number of rotatable bonds is 2. The molecule has 4 nitrogen and oxygen atoms in total. The molecule has 0 saturated carbocycles.